The first-order valence-corrected chi connectivity index (χ1v) is 10.4. The zero-order valence-corrected chi connectivity index (χ0v) is 15.3. The van der Waals surface area contributed by atoms with E-state index in [0.29, 0.717) is 17.4 Å². The number of nitrogens with one attached hydrogen (secondary N) is 3. The number of aromatic nitrogens is 4. The average molecular weight is 380 g/mol. The minimum absolute atomic E-state index is 0.146. The summed E-state index contributed by atoms with van der Waals surface area (Å²) in [5.74, 6) is 0.446. The van der Waals surface area contributed by atoms with Crippen LogP contribution in [0, 0.1) is 0 Å². The van der Waals surface area contributed by atoms with Crippen molar-refractivity contribution in [3.8, 4) is 11.4 Å². The van der Waals surface area contributed by atoms with Crippen molar-refractivity contribution in [2.24, 2.45) is 5.14 Å². The van der Waals surface area contributed by atoms with Gasteiger partial charge in [-0.1, -0.05) is 0 Å². The first-order chi connectivity index (χ1) is 12.5. The molecule has 5 N–H and O–H groups in total. The van der Waals surface area contributed by atoms with Gasteiger partial charge in [-0.25, -0.2) is 23.8 Å². The number of hydrogen-bond donors (Lipinski definition) is 4. The molecule has 2 saturated heterocycles. The maximum atomic E-state index is 12.0. The van der Waals surface area contributed by atoms with Gasteiger partial charge in [0, 0.05) is 51.5 Å². The number of rotatable bonds is 4. The normalized spacial score (nSPS) is 20.6. The van der Waals surface area contributed by atoms with Gasteiger partial charge in [0.25, 0.3) is 10.0 Å². The van der Waals surface area contributed by atoms with Crippen LogP contribution >= 0.6 is 0 Å². The fraction of sp³-hybridized carbons (Fsp3) is 0.600. The Kier molecular flexibility index (Phi) is 4.69. The van der Waals surface area contributed by atoms with Crippen LogP contribution in [0.15, 0.2) is 17.3 Å². The second-order valence-electron chi connectivity index (χ2n) is 6.76. The van der Waals surface area contributed by atoms with Crippen LogP contribution in [-0.2, 0) is 10.0 Å². The highest BCUT2D eigenvalue weighted by molar-refractivity contribution is 7.89. The molecule has 10 nitrogen and oxygen atoms in total. The Balaban J connectivity index is 1.58. The van der Waals surface area contributed by atoms with Crippen molar-refractivity contribution in [2.75, 3.05) is 44.2 Å². The molecule has 0 unspecified atom stereocenters. The smallest absolute Gasteiger partial charge is 0.256 e. The topological polar surface area (TPSA) is 136 Å². The molecule has 2 aliphatic rings. The van der Waals surface area contributed by atoms with Crippen LogP contribution in [0.25, 0.3) is 11.4 Å². The van der Waals surface area contributed by atoms with Crippen molar-refractivity contribution >= 4 is 15.7 Å². The number of nitrogens with two attached hydrogens (primary N) is 1. The van der Waals surface area contributed by atoms with Crippen LogP contribution in [-0.4, -0.2) is 79.0 Å². The van der Waals surface area contributed by atoms with E-state index < -0.39 is 10.0 Å². The highest BCUT2D eigenvalue weighted by Crippen LogP contribution is 2.34. The predicted molar refractivity (Wildman–Crippen MR) is 97.2 cm³/mol. The number of aromatic amines is 2. The average Bonchev–Trinajstić information content (AvgIpc) is 2.60. The molecule has 0 spiro atoms. The molecule has 4 rings (SSSR count). The van der Waals surface area contributed by atoms with Gasteiger partial charge >= 0.3 is 0 Å². The zero-order valence-electron chi connectivity index (χ0n) is 14.5. The monoisotopic (exact) mass is 380 g/mol. The van der Waals surface area contributed by atoms with Crippen molar-refractivity contribution in [1.29, 1.82) is 0 Å². The molecule has 0 aliphatic carbocycles. The fourth-order valence-corrected chi connectivity index (χ4v) is 4.58. The van der Waals surface area contributed by atoms with Crippen LogP contribution in [0.3, 0.4) is 0 Å². The van der Waals surface area contributed by atoms with E-state index in [1.54, 1.807) is 0 Å². The van der Waals surface area contributed by atoms with Crippen molar-refractivity contribution in [3.05, 3.63) is 12.3 Å². The third-order valence-electron chi connectivity index (χ3n) is 5.22. The molecule has 4 heterocycles. The Hall–Kier alpha value is -1.95. The van der Waals surface area contributed by atoms with Gasteiger partial charge in [0.2, 0.25) is 0 Å². The highest BCUT2D eigenvalue weighted by atomic mass is 32.2. The first-order valence-electron chi connectivity index (χ1n) is 8.84. The fourth-order valence-electron chi connectivity index (χ4n) is 3.88. The molecule has 26 heavy (non-hydrogen) atoms. The molecule has 0 aromatic carbocycles. The van der Waals surface area contributed by atoms with Gasteiger partial charge in [-0.3, -0.25) is 10.00 Å². The van der Waals surface area contributed by atoms with Crippen LogP contribution in [0.2, 0.25) is 0 Å². The van der Waals surface area contributed by atoms with Gasteiger partial charge in [-0.2, -0.15) is 0 Å². The Bertz CT molecular complexity index is 838. The van der Waals surface area contributed by atoms with Crippen LogP contribution < -0.4 is 15.4 Å². The molecule has 2 aromatic rings. The second-order valence-corrected chi connectivity index (χ2v) is 8.23. The largest absolute Gasteiger partial charge is 0.371 e. The van der Waals surface area contributed by atoms with E-state index in [4.69, 9.17) is 5.14 Å². The molecule has 0 bridgehead atoms. The van der Waals surface area contributed by atoms with Crippen molar-refractivity contribution in [3.63, 3.8) is 0 Å². The molecule has 142 valence electrons. The number of piperidine rings is 1. The summed E-state index contributed by atoms with van der Waals surface area (Å²) in [6, 6.07) is 2.41. The molecular weight excluding hydrogens is 356 g/mol. The molecule has 0 amide bonds. The minimum Gasteiger partial charge on any atom is -0.371 e. The molecule has 0 radical (unpaired) electrons. The summed E-state index contributed by atoms with van der Waals surface area (Å²) in [7, 11) is -3.95. The molecule has 11 heteroatoms. The summed E-state index contributed by atoms with van der Waals surface area (Å²) in [6.07, 6.45) is 3.59. The molecule has 2 fully saturated rings. The lowest BCUT2D eigenvalue weighted by Gasteiger charge is -2.41. The number of primary sulfonamides is 1. The van der Waals surface area contributed by atoms with Crippen LogP contribution in [0.4, 0.5) is 5.69 Å². The van der Waals surface area contributed by atoms with Gasteiger partial charge < -0.3 is 10.2 Å². The number of sulfonamides is 1. The Labute approximate surface area is 152 Å². The molecule has 2 aliphatic heterocycles. The second kappa shape index (κ2) is 6.99. The molecular formula is C15H24N8O2S. The number of anilines is 1. The first kappa shape index (κ1) is 17.5. The van der Waals surface area contributed by atoms with Gasteiger partial charge in [-0.15, -0.1) is 5.10 Å². The number of H-pyrrole nitrogens is 2. The van der Waals surface area contributed by atoms with E-state index in [9.17, 15) is 8.42 Å². The van der Waals surface area contributed by atoms with E-state index in [2.05, 4.69) is 35.5 Å². The highest BCUT2D eigenvalue weighted by Gasteiger charge is 2.30. The summed E-state index contributed by atoms with van der Waals surface area (Å²) in [6.45, 7) is 5.99. The quantitative estimate of drug-likeness (QED) is 0.552. The standard InChI is InChI=1S/C15H24N8O2S/c16-26(24,25)15-13(14-19-21-20-14)12(1-4-18-15)23-7-2-11(3-8-23)22-9-5-17-6-10-22/h1,4,11,17,21H,2-3,5-10H2,(H,19,20)(H2,16,24,25). The Morgan fingerprint density at radius 1 is 1.15 bits per heavy atom. The van der Waals surface area contributed by atoms with Crippen molar-refractivity contribution in [2.45, 2.75) is 23.9 Å². The minimum atomic E-state index is -3.95. The number of hydrogen-bond acceptors (Lipinski definition) is 7. The molecule has 2 aromatic heterocycles. The lowest BCUT2D eigenvalue weighted by molar-refractivity contribution is 0.150. The predicted octanol–water partition coefficient (Wildman–Crippen LogP) is -0.679. The van der Waals surface area contributed by atoms with E-state index >= 15 is 0 Å². The summed E-state index contributed by atoms with van der Waals surface area (Å²) >= 11 is 0. The molecule has 0 atom stereocenters. The van der Waals surface area contributed by atoms with E-state index in [1.807, 2.05) is 6.07 Å². The summed E-state index contributed by atoms with van der Waals surface area (Å²) in [5.41, 5.74) is 1.24. The maximum absolute atomic E-state index is 12.0. The zero-order chi connectivity index (χ0) is 18.1. The van der Waals surface area contributed by atoms with Gasteiger partial charge in [-0.05, 0) is 18.9 Å². The van der Waals surface area contributed by atoms with E-state index in [1.165, 1.54) is 6.20 Å². The van der Waals surface area contributed by atoms with Gasteiger partial charge in [0.05, 0.1) is 11.3 Å². The SMILES string of the molecule is NS(=O)(=O)c1nccc(N2CCC(N3CCNCC3)CC2)c1-c1n[nH][nH]1. The van der Waals surface area contributed by atoms with E-state index in [0.717, 1.165) is 57.8 Å². The van der Waals surface area contributed by atoms with Crippen LogP contribution in [0.1, 0.15) is 12.8 Å². The summed E-state index contributed by atoms with van der Waals surface area (Å²) in [4.78, 5) is 8.75. The number of pyridine rings is 1. The third-order valence-corrected chi connectivity index (χ3v) is 6.06. The Morgan fingerprint density at radius 3 is 2.42 bits per heavy atom. The molecule has 0 saturated carbocycles. The van der Waals surface area contributed by atoms with Gasteiger partial charge in [0.15, 0.2) is 10.9 Å². The van der Waals surface area contributed by atoms with Crippen molar-refractivity contribution < 1.29 is 8.42 Å². The van der Waals surface area contributed by atoms with Gasteiger partial charge in [0.1, 0.15) is 0 Å². The lowest BCUT2D eigenvalue weighted by Crippen LogP contribution is -2.52. The number of piperazine rings is 1. The van der Waals surface area contributed by atoms with Crippen molar-refractivity contribution in [1.82, 2.24) is 30.6 Å². The maximum Gasteiger partial charge on any atom is 0.256 e. The summed E-state index contributed by atoms with van der Waals surface area (Å²) in [5, 5.41) is 18.0. The number of nitrogens with zero attached hydrogens (tertiary/aromatic N) is 4. The lowest BCUT2D eigenvalue weighted by atomic mass is 10.0. The Morgan fingerprint density at radius 2 is 1.85 bits per heavy atom. The van der Waals surface area contributed by atoms with Crippen LogP contribution in [0.5, 0.6) is 0 Å². The third kappa shape index (κ3) is 3.34. The summed E-state index contributed by atoms with van der Waals surface area (Å²) < 4.78 is 23.9. The van der Waals surface area contributed by atoms with E-state index in [-0.39, 0.29) is 5.03 Å².